The van der Waals surface area contributed by atoms with Gasteiger partial charge in [-0.3, -0.25) is 0 Å². The van der Waals surface area contributed by atoms with Crippen LogP contribution >= 0.6 is 11.3 Å². The topological polar surface area (TPSA) is 25.8 Å². The van der Waals surface area contributed by atoms with E-state index in [4.69, 9.17) is 9.97 Å². The van der Waals surface area contributed by atoms with E-state index >= 15 is 0 Å². The fourth-order valence-electron chi connectivity index (χ4n) is 8.78. The van der Waals surface area contributed by atoms with Gasteiger partial charge in [0.15, 0.2) is 5.82 Å². The van der Waals surface area contributed by atoms with Crippen LogP contribution in [0, 0.1) is 0 Å². The Hall–Kier alpha value is -6.42. The minimum absolute atomic E-state index is 0.107. The maximum atomic E-state index is 5.26. The van der Waals surface area contributed by atoms with E-state index in [1.807, 2.05) is 17.4 Å². The van der Waals surface area contributed by atoms with Crippen molar-refractivity contribution in [3.05, 3.63) is 181 Å². The average molecular weight is 707 g/mol. The van der Waals surface area contributed by atoms with Crippen molar-refractivity contribution in [1.82, 2.24) is 9.97 Å². The molecule has 3 heteroatoms. The molecule has 1 aliphatic rings. The first-order valence-electron chi connectivity index (χ1n) is 18.6. The molecule has 8 aromatic carbocycles. The van der Waals surface area contributed by atoms with Gasteiger partial charge in [-0.1, -0.05) is 153 Å². The molecule has 2 aromatic heterocycles. The third-order valence-electron chi connectivity index (χ3n) is 11.5. The third-order valence-corrected chi connectivity index (χ3v) is 12.7. The van der Waals surface area contributed by atoms with Gasteiger partial charge in [0.1, 0.15) is 0 Å². The van der Waals surface area contributed by atoms with E-state index in [2.05, 4.69) is 178 Å². The summed E-state index contributed by atoms with van der Waals surface area (Å²) in [4.78, 5) is 10.5. The molecule has 11 rings (SSSR count). The van der Waals surface area contributed by atoms with Gasteiger partial charge in [0, 0.05) is 42.3 Å². The number of aromatic nitrogens is 2. The molecule has 0 amide bonds. The molecule has 1 aliphatic carbocycles. The zero-order valence-electron chi connectivity index (χ0n) is 30.0. The van der Waals surface area contributed by atoms with Crippen LogP contribution in [0.4, 0.5) is 0 Å². The first-order valence-corrected chi connectivity index (χ1v) is 19.4. The van der Waals surface area contributed by atoms with Gasteiger partial charge in [0.05, 0.1) is 11.4 Å². The summed E-state index contributed by atoms with van der Waals surface area (Å²) >= 11 is 1.84. The van der Waals surface area contributed by atoms with Crippen molar-refractivity contribution in [2.75, 3.05) is 0 Å². The maximum Gasteiger partial charge on any atom is 0.160 e. The minimum Gasteiger partial charge on any atom is -0.228 e. The fourth-order valence-corrected chi connectivity index (χ4v) is 9.87. The van der Waals surface area contributed by atoms with Gasteiger partial charge in [-0.2, -0.15) is 0 Å². The molecule has 54 heavy (non-hydrogen) atoms. The monoisotopic (exact) mass is 706 g/mol. The lowest BCUT2D eigenvalue weighted by molar-refractivity contribution is 0.661. The molecule has 0 radical (unpaired) electrons. The number of hydrogen-bond acceptors (Lipinski definition) is 3. The van der Waals surface area contributed by atoms with Crippen molar-refractivity contribution in [2.24, 2.45) is 0 Å². The minimum atomic E-state index is -0.107. The Morgan fingerprint density at radius 2 is 1.06 bits per heavy atom. The second-order valence-electron chi connectivity index (χ2n) is 14.9. The second-order valence-corrected chi connectivity index (χ2v) is 16.0. The molecule has 0 bridgehead atoms. The predicted octanol–water partition coefficient (Wildman–Crippen LogP) is 14.1. The Kier molecular flexibility index (Phi) is 6.80. The van der Waals surface area contributed by atoms with E-state index in [9.17, 15) is 0 Å². The Labute approximate surface area is 318 Å². The van der Waals surface area contributed by atoms with Crippen molar-refractivity contribution < 1.29 is 0 Å². The summed E-state index contributed by atoms with van der Waals surface area (Å²) in [6.07, 6.45) is 0. The Balaban J connectivity index is 1.08. The van der Waals surface area contributed by atoms with E-state index < -0.39 is 0 Å². The molecule has 0 saturated carbocycles. The van der Waals surface area contributed by atoms with E-state index in [0.29, 0.717) is 0 Å². The Morgan fingerprint density at radius 1 is 0.407 bits per heavy atom. The van der Waals surface area contributed by atoms with Gasteiger partial charge < -0.3 is 0 Å². The zero-order valence-corrected chi connectivity index (χ0v) is 30.8. The van der Waals surface area contributed by atoms with E-state index in [1.165, 1.54) is 75.1 Å². The van der Waals surface area contributed by atoms with Crippen molar-refractivity contribution >= 4 is 53.1 Å². The van der Waals surface area contributed by atoms with Crippen LogP contribution in [0.3, 0.4) is 0 Å². The highest BCUT2D eigenvalue weighted by molar-refractivity contribution is 7.25. The van der Waals surface area contributed by atoms with Crippen molar-refractivity contribution in [3.8, 4) is 56.2 Å². The molecule has 0 atom stereocenters. The highest BCUT2D eigenvalue weighted by Crippen LogP contribution is 2.52. The second kappa shape index (κ2) is 11.8. The van der Waals surface area contributed by atoms with E-state index in [-0.39, 0.29) is 5.41 Å². The number of nitrogens with zero attached hydrogens (tertiary/aromatic N) is 2. The summed E-state index contributed by atoms with van der Waals surface area (Å²) in [7, 11) is 0. The normalized spacial score (nSPS) is 13.1. The van der Waals surface area contributed by atoms with Crippen molar-refractivity contribution in [2.45, 2.75) is 19.3 Å². The Morgan fingerprint density at radius 3 is 1.91 bits per heavy atom. The Bertz CT molecular complexity index is 3130. The SMILES string of the molecule is CC1(C)c2cc(-c3ccc(-c4cc(-c5ccc6sc7ccccc7c6c5)nc(-c5ccccc5)n4)c4ccccc34)ccc2-c2c1ccc1ccccc21. The van der Waals surface area contributed by atoms with Gasteiger partial charge in [-0.05, 0) is 85.3 Å². The third kappa shape index (κ3) is 4.72. The molecule has 0 spiro atoms. The molecule has 0 saturated heterocycles. The summed E-state index contributed by atoms with van der Waals surface area (Å²) in [5.41, 5.74) is 12.8. The molecular weight excluding hydrogens is 673 g/mol. The molecule has 254 valence electrons. The molecule has 2 nitrogen and oxygen atoms in total. The maximum absolute atomic E-state index is 5.26. The quantitative estimate of drug-likeness (QED) is 0.182. The van der Waals surface area contributed by atoms with E-state index in [1.54, 1.807) is 0 Å². The molecule has 2 heterocycles. The summed E-state index contributed by atoms with van der Waals surface area (Å²) < 4.78 is 2.58. The fraction of sp³-hybridized carbons (Fsp3) is 0.0588. The highest BCUT2D eigenvalue weighted by atomic mass is 32.1. The zero-order chi connectivity index (χ0) is 36.0. The molecule has 10 aromatic rings. The highest BCUT2D eigenvalue weighted by Gasteiger charge is 2.36. The van der Waals surface area contributed by atoms with Gasteiger partial charge in [0.2, 0.25) is 0 Å². The van der Waals surface area contributed by atoms with Gasteiger partial charge in [0.25, 0.3) is 0 Å². The van der Waals surface area contributed by atoms with Gasteiger partial charge in [-0.15, -0.1) is 11.3 Å². The summed E-state index contributed by atoms with van der Waals surface area (Å²) in [6.45, 7) is 4.74. The number of hydrogen-bond donors (Lipinski definition) is 0. The summed E-state index contributed by atoms with van der Waals surface area (Å²) in [6, 6.07) is 61.7. The molecule has 0 fully saturated rings. The van der Waals surface area contributed by atoms with Crippen LogP contribution in [0.15, 0.2) is 170 Å². The smallest absolute Gasteiger partial charge is 0.160 e. The first-order chi connectivity index (χ1) is 26.5. The number of fused-ring (bicyclic) bond motifs is 9. The number of rotatable bonds is 4. The lowest BCUT2D eigenvalue weighted by Crippen LogP contribution is -2.15. The first kappa shape index (κ1) is 31.1. The molecular formula is C51H34N2S. The molecule has 0 unspecified atom stereocenters. The van der Waals surface area contributed by atoms with Crippen molar-refractivity contribution in [3.63, 3.8) is 0 Å². The number of benzene rings is 8. The lowest BCUT2D eigenvalue weighted by Gasteiger charge is -2.22. The van der Waals surface area contributed by atoms with Gasteiger partial charge >= 0.3 is 0 Å². The van der Waals surface area contributed by atoms with Gasteiger partial charge in [-0.25, -0.2) is 9.97 Å². The van der Waals surface area contributed by atoms with Crippen LogP contribution in [0.25, 0.3) is 97.9 Å². The van der Waals surface area contributed by atoms with Crippen LogP contribution < -0.4 is 0 Å². The molecule has 0 N–H and O–H groups in total. The van der Waals surface area contributed by atoms with Crippen molar-refractivity contribution in [1.29, 1.82) is 0 Å². The predicted molar refractivity (Wildman–Crippen MR) is 229 cm³/mol. The summed E-state index contributed by atoms with van der Waals surface area (Å²) in [5.74, 6) is 0.722. The largest absolute Gasteiger partial charge is 0.228 e. The lowest BCUT2D eigenvalue weighted by atomic mass is 9.81. The number of thiophene rings is 1. The van der Waals surface area contributed by atoms with Crippen LogP contribution in [-0.2, 0) is 5.41 Å². The summed E-state index contributed by atoms with van der Waals surface area (Å²) in [5, 5.41) is 7.54. The molecule has 0 aliphatic heterocycles. The van der Waals surface area contributed by atoms with Crippen LogP contribution in [0.2, 0.25) is 0 Å². The average Bonchev–Trinajstić information content (AvgIpc) is 3.71. The van der Waals surface area contributed by atoms with Crippen LogP contribution in [0.5, 0.6) is 0 Å². The van der Waals surface area contributed by atoms with Crippen LogP contribution in [0.1, 0.15) is 25.0 Å². The van der Waals surface area contributed by atoms with Crippen LogP contribution in [-0.4, -0.2) is 9.97 Å². The standard InChI is InChI=1S/C51H34N2S/c1-51(2)43-26-21-31-12-6-7-15-36(31)49(43)41-23-20-33(29-44(41)51)35-24-25-39(38-17-9-8-16-37(35)38)46-30-45(52-50(53-46)32-13-4-3-5-14-32)34-22-27-48-42(28-34)40-18-10-11-19-47(40)54-48/h3-30H,1-2H3. The van der Waals surface area contributed by atoms with E-state index in [0.717, 1.165) is 33.9 Å².